The number of carbonyl (C=O) groups is 1. The van der Waals surface area contributed by atoms with Gasteiger partial charge in [-0.2, -0.15) is 0 Å². The Balaban J connectivity index is 2.37. The molecule has 0 bridgehead atoms. The maximum Gasteiger partial charge on any atom is 0.164 e. The summed E-state index contributed by atoms with van der Waals surface area (Å²) in [6, 6.07) is 0. The molecule has 0 radical (unpaired) electrons. The predicted molar refractivity (Wildman–Crippen MR) is 85.5 cm³/mol. The van der Waals surface area contributed by atoms with Crippen LogP contribution in [0.1, 0.15) is 71.5 Å². The molecule has 0 amide bonds. The van der Waals surface area contributed by atoms with Gasteiger partial charge in [0.25, 0.3) is 0 Å². The molecule has 1 rings (SSSR count). The molecular weight excluding hydrogens is 280 g/mol. The Bertz CT molecular complexity index is 408. The molecular formula is C16H30N4O2. The molecule has 0 saturated heterocycles. The van der Waals surface area contributed by atoms with Gasteiger partial charge < -0.3 is 4.74 Å². The molecule has 0 aliphatic carbocycles. The van der Waals surface area contributed by atoms with E-state index in [0.29, 0.717) is 18.9 Å². The van der Waals surface area contributed by atoms with Gasteiger partial charge in [-0.25, -0.2) is 5.10 Å². The number of hydrogen-bond acceptors (Lipinski definition) is 5. The first-order valence-corrected chi connectivity index (χ1v) is 8.46. The van der Waals surface area contributed by atoms with Crippen LogP contribution in [0.5, 0.6) is 0 Å². The first-order chi connectivity index (χ1) is 10.6. The quantitative estimate of drug-likeness (QED) is 0.566. The Morgan fingerprint density at radius 3 is 2.55 bits per heavy atom. The lowest BCUT2D eigenvalue weighted by atomic mass is 9.76. The summed E-state index contributed by atoms with van der Waals surface area (Å²) in [6.07, 6.45) is 8.23. The summed E-state index contributed by atoms with van der Waals surface area (Å²) in [4.78, 5) is 12.6. The number of ketones is 1. The third-order valence-corrected chi connectivity index (χ3v) is 4.19. The van der Waals surface area contributed by atoms with E-state index in [2.05, 4.69) is 41.4 Å². The average molecular weight is 310 g/mol. The van der Waals surface area contributed by atoms with Crippen LogP contribution in [0.4, 0.5) is 0 Å². The van der Waals surface area contributed by atoms with E-state index < -0.39 is 0 Å². The minimum atomic E-state index is -0.237. The van der Waals surface area contributed by atoms with E-state index >= 15 is 0 Å². The first-order valence-electron chi connectivity index (χ1n) is 8.46. The molecule has 1 aromatic rings. The summed E-state index contributed by atoms with van der Waals surface area (Å²) in [7, 11) is 0. The Kier molecular flexibility index (Phi) is 8.89. The van der Waals surface area contributed by atoms with Crippen LogP contribution >= 0.6 is 0 Å². The van der Waals surface area contributed by atoms with Crippen molar-refractivity contribution in [3.05, 3.63) is 5.82 Å². The minimum Gasteiger partial charge on any atom is -0.373 e. The van der Waals surface area contributed by atoms with E-state index in [1.54, 1.807) is 0 Å². The van der Waals surface area contributed by atoms with Crippen molar-refractivity contribution < 1.29 is 9.53 Å². The van der Waals surface area contributed by atoms with Gasteiger partial charge in [-0.3, -0.25) is 4.79 Å². The molecule has 0 aromatic carbocycles. The van der Waals surface area contributed by atoms with Gasteiger partial charge in [-0.1, -0.05) is 52.9 Å². The van der Waals surface area contributed by atoms with Crippen LogP contribution in [0.15, 0.2) is 0 Å². The van der Waals surface area contributed by atoms with Crippen molar-refractivity contribution in [2.75, 3.05) is 13.2 Å². The van der Waals surface area contributed by atoms with Crippen LogP contribution in [0.3, 0.4) is 0 Å². The second-order valence-electron chi connectivity index (χ2n) is 6.20. The number of ether oxygens (including phenoxy) is 1. The molecule has 0 spiro atoms. The van der Waals surface area contributed by atoms with Crippen LogP contribution < -0.4 is 0 Å². The number of tetrazole rings is 1. The minimum absolute atomic E-state index is 0.188. The van der Waals surface area contributed by atoms with Crippen molar-refractivity contribution in [1.82, 2.24) is 20.6 Å². The van der Waals surface area contributed by atoms with Crippen LogP contribution in [0, 0.1) is 5.41 Å². The molecule has 0 aliphatic heterocycles. The van der Waals surface area contributed by atoms with E-state index in [1.807, 2.05) is 0 Å². The zero-order chi connectivity index (χ0) is 16.3. The normalized spacial score (nSPS) is 14.0. The molecule has 0 aliphatic rings. The van der Waals surface area contributed by atoms with Gasteiger partial charge in [0, 0.05) is 11.8 Å². The molecule has 1 N–H and O–H groups in total. The van der Waals surface area contributed by atoms with Gasteiger partial charge in [0.2, 0.25) is 0 Å². The van der Waals surface area contributed by atoms with Gasteiger partial charge in [-0.15, -0.1) is 5.10 Å². The van der Waals surface area contributed by atoms with Gasteiger partial charge in [0.15, 0.2) is 11.6 Å². The van der Waals surface area contributed by atoms with E-state index in [0.717, 1.165) is 32.1 Å². The number of aromatic nitrogens is 4. The topological polar surface area (TPSA) is 80.8 Å². The number of aromatic amines is 1. The van der Waals surface area contributed by atoms with Crippen molar-refractivity contribution >= 4 is 5.78 Å². The monoisotopic (exact) mass is 310 g/mol. The molecule has 0 saturated carbocycles. The summed E-state index contributed by atoms with van der Waals surface area (Å²) in [5.41, 5.74) is -0.237. The molecule has 6 heteroatoms. The number of hydrogen-bond donors (Lipinski definition) is 1. The Hall–Kier alpha value is -1.30. The SMILES string of the molecule is CCCCCC(C)(CCCC)C(=O)COCCc1nnn[nH]1. The summed E-state index contributed by atoms with van der Waals surface area (Å²) < 4.78 is 5.54. The lowest BCUT2D eigenvalue weighted by Gasteiger charge is -2.28. The third-order valence-electron chi connectivity index (χ3n) is 4.19. The number of nitrogens with zero attached hydrogens (tertiary/aromatic N) is 3. The maximum absolute atomic E-state index is 12.6. The van der Waals surface area contributed by atoms with Crippen LogP contribution in [0.2, 0.25) is 0 Å². The van der Waals surface area contributed by atoms with Crippen molar-refractivity contribution in [3.63, 3.8) is 0 Å². The number of carbonyl (C=O) groups excluding carboxylic acids is 1. The number of nitrogens with one attached hydrogen (secondary N) is 1. The van der Waals surface area contributed by atoms with Crippen LogP contribution in [0.25, 0.3) is 0 Å². The molecule has 1 aromatic heterocycles. The highest BCUT2D eigenvalue weighted by atomic mass is 16.5. The first kappa shape index (κ1) is 18.7. The summed E-state index contributed by atoms with van der Waals surface area (Å²) in [5.74, 6) is 0.914. The summed E-state index contributed by atoms with van der Waals surface area (Å²) in [5, 5.41) is 13.5. The van der Waals surface area contributed by atoms with E-state index in [1.165, 1.54) is 12.8 Å². The smallest absolute Gasteiger partial charge is 0.164 e. The Morgan fingerprint density at radius 1 is 1.18 bits per heavy atom. The fraction of sp³-hybridized carbons (Fsp3) is 0.875. The van der Waals surface area contributed by atoms with Gasteiger partial charge >= 0.3 is 0 Å². The average Bonchev–Trinajstić information content (AvgIpc) is 3.03. The molecule has 1 atom stereocenters. The highest BCUT2D eigenvalue weighted by Crippen LogP contribution is 2.32. The van der Waals surface area contributed by atoms with Gasteiger partial charge in [0.05, 0.1) is 6.61 Å². The fourth-order valence-electron chi connectivity index (χ4n) is 2.53. The fourth-order valence-corrected chi connectivity index (χ4v) is 2.53. The van der Waals surface area contributed by atoms with Gasteiger partial charge in [0.1, 0.15) is 6.61 Å². The summed E-state index contributed by atoms with van der Waals surface area (Å²) >= 11 is 0. The van der Waals surface area contributed by atoms with Crippen LogP contribution in [-0.4, -0.2) is 39.6 Å². The lowest BCUT2D eigenvalue weighted by molar-refractivity contribution is -0.133. The second-order valence-corrected chi connectivity index (χ2v) is 6.20. The highest BCUT2D eigenvalue weighted by Gasteiger charge is 2.31. The van der Waals surface area contributed by atoms with E-state index in [-0.39, 0.29) is 17.8 Å². The largest absolute Gasteiger partial charge is 0.373 e. The van der Waals surface area contributed by atoms with Crippen molar-refractivity contribution in [2.24, 2.45) is 5.41 Å². The highest BCUT2D eigenvalue weighted by molar-refractivity contribution is 5.85. The van der Waals surface area contributed by atoms with Crippen molar-refractivity contribution in [2.45, 2.75) is 72.1 Å². The molecule has 126 valence electrons. The Morgan fingerprint density at radius 2 is 1.91 bits per heavy atom. The van der Waals surface area contributed by atoms with Crippen molar-refractivity contribution in [3.8, 4) is 0 Å². The van der Waals surface area contributed by atoms with Gasteiger partial charge in [-0.05, 0) is 23.3 Å². The molecule has 1 heterocycles. The number of H-pyrrole nitrogens is 1. The predicted octanol–water partition coefficient (Wildman–Crippen LogP) is 3.10. The standard InChI is InChI=1S/C16H30N4O2/c1-4-6-8-11-16(3,10-7-5-2)14(21)13-22-12-9-15-17-19-20-18-15/h4-13H2,1-3H3,(H,17,18,19,20). The van der Waals surface area contributed by atoms with E-state index in [9.17, 15) is 4.79 Å². The zero-order valence-electron chi connectivity index (χ0n) is 14.2. The van der Waals surface area contributed by atoms with Crippen LogP contribution in [-0.2, 0) is 16.0 Å². The molecule has 1 unspecified atom stereocenters. The number of unbranched alkanes of at least 4 members (excludes halogenated alkanes) is 3. The second kappa shape index (κ2) is 10.4. The van der Waals surface area contributed by atoms with E-state index in [4.69, 9.17) is 4.74 Å². The molecule has 22 heavy (non-hydrogen) atoms. The number of rotatable bonds is 13. The lowest BCUT2D eigenvalue weighted by Crippen LogP contribution is -2.31. The Labute approximate surface area is 133 Å². The molecule has 6 nitrogen and oxygen atoms in total. The zero-order valence-corrected chi connectivity index (χ0v) is 14.2. The summed E-state index contributed by atoms with van der Waals surface area (Å²) in [6.45, 7) is 7.10. The molecule has 0 fully saturated rings. The maximum atomic E-state index is 12.6. The number of Topliss-reactive ketones (excluding diaryl/α,β-unsaturated/α-hetero) is 1. The third kappa shape index (κ3) is 6.64. The van der Waals surface area contributed by atoms with Crippen molar-refractivity contribution in [1.29, 1.82) is 0 Å².